The molecule has 3 unspecified atom stereocenters. The van der Waals surface area contributed by atoms with Crippen molar-refractivity contribution in [3.05, 3.63) is 35.9 Å². The van der Waals surface area contributed by atoms with Gasteiger partial charge in [0.1, 0.15) is 6.04 Å². The van der Waals surface area contributed by atoms with Crippen LogP contribution in [0.15, 0.2) is 30.3 Å². The number of fused-ring (bicyclic) bond motifs is 1. The number of esters is 1. The summed E-state index contributed by atoms with van der Waals surface area (Å²) >= 11 is 0. The van der Waals surface area contributed by atoms with Crippen molar-refractivity contribution in [2.24, 2.45) is 0 Å². The smallest absolute Gasteiger partial charge is 0.327 e. The number of methoxy groups -OCH3 is 1. The molecule has 2 aliphatic heterocycles. The Labute approximate surface area is 126 Å². The van der Waals surface area contributed by atoms with Crippen LogP contribution in [0.5, 0.6) is 0 Å². The minimum absolute atomic E-state index is 0.199. The van der Waals surface area contributed by atoms with Crippen LogP contribution in [0.1, 0.15) is 37.3 Å². The van der Waals surface area contributed by atoms with Crippen molar-refractivity contribution in [1.82, 2.24) is 10.2 Å². The van der Waals surface area contributed by atoms with E-state index in [-0.39, 0.29) is 12.0 Å². The van der Waals surface area contributed by atoms with Crippen molar-refractivity contribution in [2.75, 3.05) is 20.2 Å². The average molecular weight is 288 g/mol. The van der Waals surface area contributed by atoms with Crippen molar-refractivity contribution in [3.63, 3.8) is 0 Å². The van der Waals surface area contributed by atoms with Gasteiger partial charge in [-0.3, -0.25) is 10.2 Å². The molecule has 0 aromatic heterocycles. The molecular weight excluding hydrogens is 264 g/mol. The monoisotopic (exact) mass is 288 g/mol. The number of hydrogen-bond donors (Lipinski definition) is 1. The van der Waals surface area contributed by atoms with Gasteiger partial charge in [0.15, 0.2) is 0 Å². The number of carbonyl (C=O) groups is 1. The molecule has 2 aliphatic rings. The molecule has 114 valence electrons. The predicted molar refractivity (Wildman–Crippen MR) is 82.0 cm³/mol. The van der Waals surface area contributed by atoms with Crippen molar-refractivity contribution in [1.29, 1.82) is 0 Å². The van der Waals surface area contributed by atoms with Crippen LogP contribution in [0.25, 0.3) is 0 Å². The molecule has 3 atom stereocenters. The fourth-order valence-electron chi connectivity index (χ4n) is 3.72. The number of rotatable bonds is 4. The molecule has 4 nitrogen and oxygen atoms in total. The van der Waals surface area contributed by atoms with Crippen LogP contribution in [0.3, 0.4) is 0 Å². The van der Waals surface area contributed by atoms with Crippen molar-refractivity contribution < 1.29 is 9.53 Å². The highest BCUT2D eigenvalue weighted by Crippen LogP contribution is 2.29. The van der Waals surface area contributed by atoms with Crippen LogP contribution in [-0.4, -0.2) is 43.2 Å². The highest BCUT2D eigenvalue weighted by molar-refractivity contribution is 5.77. The number of nitrogens with one attached hydrogen (secondary N) is 1. The Bertz CT molecular complexity index is 477. The highest BCUT2D eigenvalue weighted by atomic mass is 16.5. The number of piperidine rings is 1. The second kappa shape index (κ2) is 6.58. The molecule has 0 bridgehead atoms. The van der Waals surface area contributed by atoms with Gasteiger partial charge in [-0.2, -0.15) is 0 Å². The lowest BCUT2D eigenvalue weighted by atomic mass is 9.97. The van der Waals surface area contributed by atoms with Gasteiger partial charge in [-0.1, -0.05) is 36.8 Å². The summed E-state index contributed by atoms with van der Waals surface area (Å²) in [6, 6.07) is 10.5. The van der Waals surface area contributed by atoms with Gasteiger partial charge in [0.25, 0.3) is 0 Å². The van der Waals surface area contributed by atoms with Gasteiger partial charge >= 0.3 is 5.97 Å². The van der Waals surface area contributed by atoms with Crippen LogP contribution in [0.2, 0.25) is 0 Å². The van der Waals surface area contributed by atoms with Gasteiger partial charge in [0, 0.05) is 18.6 Å². The SMILES string of the molecule is COC(=O)C(NC1CCN2CCCCC12)c1ccccc1. The molecule has 2 saturated heterocycles. The predicted octanol–water partition coefficient (Wildman–Crippen LogP) is 2.12. The van der Waals surface area contributed by atoms with E-state index in [4.69, 9.17) is 4.74 Å². The lowest BCUT2D eigenvalue weighted by Crippen LogP contribution is -2.47. The summed E-state index contributed by atoms with van der Waals surface area (Å²) in [6.07, 6.45) is 4.96. The zero-order chi connectivity index (χ0) is 14.7. The van der Waals surface area contributed by atoms with Gasteiger partial charge in [0.05, 0.1) is 7.11 Å². The molecule has 2 fully saturated rings. The van der Waals surface area contributed by atoms with Gasteiger partial charge in [0.2, 0.25) is 0 Å². The highest BCUT2D eigenvalue weighted by Gasteiger charge is 2.37. The molecule has 2 heterocycles. The Morgan fingerprint density at radius 2 is 2.05 bits per heavy atom. The first-order valence-electron chi connectivity index (χ1n) is 7.92. The molecule has 0 saturated carbocycles. The first kappa shape index (κ1) is 14.5. The van der Waals surface area contributed by atoms with E-state index in [1.54, 1.807) is 0 Å². The van der Waals surface area contributed by atoms with Crippen LogP contribution >= 0.6 is 0 Å². The summed E-state index contributed by atoms with van der Waals surface area (Å²) in [5.74, 6) is -0.199. The maximum Gasteiger partial charge on any atom is 0.327 e. The molecule has 0 radical (unpaired) electrons. The van der Waals surface area contributed by atoms with Crippen LogP contribution in [0, 0.1) is 0 Å². The van der Waals surface area contributed by atoms with Crippen molar-refractivity contribution in [2.45, 2.75) is 43.8 Å². The Morgan fingerprint density at radius 1 is 1.24 bits per heavy atom. The number of carbonyl (C=O) groups excluding carboxylic acids is 1. The number of benzene rings is 1. The largest absolute Gasteiger partial charge is 0.468 e. The summed E-state index contributed by atoms with van der Waals surface area (Å²) in [6.45, 7) is 2.35. The molecule has 3 rings (SSSR count). The average Bonchev–Trinajstić information content (AvgIpc) is 2.96. The molecule has 1 aromatic carbocycles. The van der Waals surface area contributed by atoms with Crippen molar-refractivity contribution >= 4 is 5.97 Å². The first-order valence-corrected chi connectivity index (χ1v) is 7.92. The quantitative estimate of drug-likeness (QED) is 0.862. The molecule has 4 heteroatoms. The van der Waals surface area contributed by atoms with E-state index in [2.05, 4.69) is 10.2 Å². The summed E-state index contributed by atoms with van der Waals surface area (Å²) in [7, 11) is 1.46. The van der Waals surface area contributed by atoms with E-state index < -0.39 is 0 Å². The molecule has 21 heavy (non-hydrogen) atoms. The number of ether oxygens (including phenoxy) is 1. The summed E-state index contributed by atoms with van der Waals surface area (Å²) in [4.78, 5) is 14.7. The maximum absolute atomic E-state index is 12.2. The fourth-order valence-corrected chi connectivity index (χ4v) is 3.72. The van der Waals surface area contributed by atoms with Crippen LogP contribution in [0.4, 0.5) is 0 Å². The Morgan fingerprint density at radius 3 is 2.81 bits per heavy atom. The van der Waals surface area contributed by atoms with Gasteiger partial charge < -0.3 is 4.74 Å². The summed E-state index contributed by atoms with van der Waals surface area (Å²) < 4.78 is 5.00. The maximum atomic E-state index is 12.2. The summed E-state index contributed by atoms with van der Waals surface area (Å²) in [5.41, 5.74) is 0.985. The second-order valence-corrected chi connectivity index (χ2v) is 6.03. The van der Waals surface area contributed by atoms with E-state index in [0.29, 0.717) is 12.1 Å². The van der Waals surface area contributed by atoms with Gasteiger partial charge in [-0.25, -0.2) is 4.79 Å². The van der Waals surface area contributed by atoms with E-state index in [1.807, 2.05) is 30.3 Å². The zero-order valence-electron chi connectivity index (χ0n) is 12.6. The molecular formula is C17H24N2O2. The van der Waals surface area contributed by atoms with Crippen LogP contribution in [-0.2, 0) is 9.53 Å². The molecule has 1 N–H and O–H groups in total. The van der Waals surface area contributed by atoms with E-state index >= 15 is 0 Å². The molecule has 0 aliphatic carbocycles. The normalized spacial score (nSPS) is 27.1. The van der Waals surface area contributed by atoms with Gasteiger partial charge in [-0.05, 0) is 31.4 Å². The zero-order valence-corrected chi connectivity index (χ0v) is 12.6. The lowest BCUT2D eigenvalue weighted by Gasteiger charge is -2.34. The standard InChI is InChI=1S/C17H24N2O2/c1-21-17(20)16(13-7-3-2-4-8-13)18-14-10-12-19-11-6-5-9-15(14)19/h2-4,7-8,14-16,18H,5-6,9-12H2,1H3. The Kier molecular flexibility index (Phi) is 4.56. The topological polar surface area (TPSA) is 41.6 Å². The third-order valence-corrected chi connectivity index (χ3v) is 4.81. The molecule has 1 aromatic rings. The third-order valence-electron chi connectivity index (χ3n) is 4.81. The minimum Gasteiger partial charge on any atom is -0.468 e. The Balaban J connectivity index is 1.74. The number of hydrogen-bond acceptors (Lipinski definition) is 4. The third kappa shape index (κ3) is 3.11. The second-order valence-electron chi connectivity index (χ2n) is 6.03. The van der Waals surface area contributed by atoms with E-state index in [1.165, 1.54) is 32.9 Å². The Hall–Kier alpha value is -1.39. The van der Waals surface area contributed by atoms with Crippen LogP contribution < -0.4 is 5.32 Å². The van der Waals surface area contributed by atoms with Crippen molar-refractivity contribution in [3.8, 4) is 0 Å². The fraction of sp³-hybridized carbons (Fsp3) is 0.588. The van der Waals surface area contributed by atoms with E-state index in [0.717, 1.165) is 18.5 Å². The molecule has 0 spiro atoms. The lowest BCUT2D eigenvalue weighted by molar-refractivity contribution is -0.143. The minimum atomic E-state index is -0.358. The molecule has 0 amide bonds. The van der Waals surface area contributed by atoms with E-state index in [9.17, 15) is 4.79 Å². The number of nitrogens with zero attached hydrogens (tertiary/aromatic N) is 1. The first-order chi connectivity index (χ1) is 10.3. The summed E-state index contributed by atoms with van der Waals surface area (Å²) in [5, 5.41) is 3.57. The van der Waals surface area contributed by atoms with Gasteiger partial charge in [-0.15, -0.1) is 0 Å².